The Kier molecular flexibility index (Phi) is 6.52. The van der Waals surface area contributed by atoms with E-state index < -0.39 is 0 Å². The van der Waals surface area contributed by atoms with Gasteiger partial charge in [-0.25, -0.2) is 0 Å². The minimum Gasteiger partial charge on any atom is -0.493 e. The number of ether oxygens (including phenoxy) is 2. The van der Waals surface area contributed by atoms with Gasteiger partial charge in [0.05, 0.1) is 7.11 Å². The summed E-state index contributed by atoms with van der Waals surface area (Å²) in [6.07, 6.45) is 2.35. The van der Waals surface area contributed by atoms with Gasteiger partial charge < -0.3 is 19.7 Å². The number of thiocarbonyl (C=S) groups is 1. The van der Waals surface area contributed by atoms with Gasteiger partial charge in [-0.05, 0) is 68.1 Å². The lowest BCUT2D eigenvalue weighted by Crippen LogP contribution is -2.26. The van der Waals surface area contributed by atoms with Crippen LogP contribution in [0.1, 0.15) is 29.5 Å². The maximum absolute atomic E-state index is 12.3. The molecule has 1 aliphatic rings. The molecule has 0 unspecified atom stereocenters. The zero-order valence-corrected chi connectivity index (χ0v) is 17.4. The molecule has 2 aromatic carbocycles. The maximum Gasteiger partial charge on any atom is 0.262 e. The van der Waals surface area contributed by atoms with Crippen molar-refractivity contribution in [3.8, 4) is 11.5 Å². The van der Waals surface area contributed by atoms with Crippen molar-refractivity contribution in [3.05, 3.63) is 53.1 Å². The maximum atomic E-state index is 12.3. The van der Waals surface area contributed by atoms with Crippen molar-refractivity contribution in [2.24, 2.45) is 0 Å². The molecule has 1 amide bonds. The van der Waals surface area contributed by atoms with Crippen LogP contribution in [0, 0.1) is 13.8 Å². The van der Waals surface area contributed by atoms with Gasteiger partial charge in [0.1, 0.15) is 4.99 Å². The SMILES string of the molecule is COc1cc(C(=S)N2CCCC2)ccc1OCC(=O)Nc1cc(C)cc(C)c1. The Morgan fingerprint density at radius 2 is 1.75 bits per heavy atom. The summed E-state index contributed by atoms with van der Waals surface area (Å²) in [5, 5.41) is 2.87. The Morgan fingerprint density at radius 1 is 1.07 bits per heavy atom. The standard InChI is InChI=1S/C22H26N2O3S/c1-15-10-16(2)12-18(11-15)23-21(25)14-27-19-7-6-17(13-20(19)26-3)22(28)24-8-4-5-9-24/h6-7,10-13H,4-5,8-9,14H2,1-3H3,(H,23,25). The first-order chi connectivity index (χ1) is 13.5. The molecule has 1 fully saturated rings. The van der Waals surface area contributed by atoms with Gasteiger partial charge in [0.2, 0.25) is 0 Å². The van der Waals surface area contributed by atoms with Gasteiger partial charge >= 0.3 is 0 Å². The smallest absolute Gasteiger partial charge is 0.262 e. The third kappa shape index (κ3) is 5.01. The Hall–Kier alpha value is -2.60. The average Bonchev–Trinajstić information content (AvgIpc) is 3.19. The van der Waals surface area contributed by atoms with Crippen molar-refractivity contribution >= 4 is 28.8 Å². The Bertz CT molecular complexity index is 856. The summed E-state index contributed by atoms with van der Waals surface area (Å²) in [6, 6.07) is 11.5. The van der Waals surface area contributed by atoms with Crippen LogP contribution in [0.25, 0.3) is 0 Å². The van der Waals surface area contributed by atoms with E-state index in [1.54, 1.807) is 13.2 Å². The fourth-order valence-electron chi connectivity index (χ4n) is 3.41. The van der Waals surface area contributed by atoms with Crippen molar-refractivity contribution in [1.29, 1.82) is 0 Å². The quantitative estimate of drug-likeness (QED) is 0.743. The highest BCUT2D eigenvalue weighted by atomic mass is 32.1. The van der Waals surface area contributed by atoms with Crippen LogP contribution in [0.2, 0.25) is 0 Å². The first-order valence-electron chi connectivity index (χ1n) is 9.44. The van der Waals surface area contributed by atoms with E-state index in [4.69, 9.17) is 21.7 Å². The molecule has 2 aromatic rings. The minimum absolute atomic E-state index is 0.0979. The molecule has 1 N–H and O–H groups in total. The van der Waals surface area contributed by atoms with Gasteiger partial charge in [0.25, 0.3) is 5.91 Å². The van der Waals surface area contributed by atoms with Crippen molar-refractivity contribution < 1.29 is 14.3 Å². The van der Waals surface area contributed by atoms with E-state index in [-0.39, 0.29) is 12.5 Å². The monoisotopic (exact) mass is 398 g/mol. The van der Waals surface area contributed by atoms with E-state index in [0.717, 1.165) is 40.5 Å². The fourth-order valence-corrected chi connectivity index (χ4v) is 3.72. The lowest BCUT2D eigenvalue weighted by atomic mass is 10.1. The molecule has 1 heterocycles. The lowest BCUT2D eigenvalue weighted by molar-refractivity contribution is -0.118. The fraction of sp³-hybridized carbons (Fsp3) is 0.364. The highest BCUT2D eigenvalue weighted by Crippen LogP contribution is 2.29. The van der Waals surface area contributed by atoms with Gasteiger partial charge in [0, 0.05) is 24.3 Å². The van der Waals surface area contributed by atoms with Gasteiger partial charge in [-0.15, -0.1) is 0 Å². The van der Waals surface area contributed by atoms with Gasteiger partial charge in [0.15, 0.2) is 18.1 Å². The number of rotatable bonds is 6. The average molecular weight is 399 g/mol. The second-order valence-electron chi connectivity index (χ2n) is 7.08. The molecule has 3 rings (SSSR count). The first-order valence-corrected chi connectivity index (χ1v) is 9.85. The Balaban J connectivity index is 1.63. The zero-order chi connectivity index (χ0) is 20.1. The lowest BCUT2D eigenvalue weighted by Gasteiger charge is -2.19. The van der Waals surface area contributed by atoms with Crippen molar-refractivity contribution in [3.63, 3.8) is 0 Å². The van der Waals surface area contributed by atoms with Crippen LogP contribution in [0.4, 0.5) is 5.69 Å². The summed E-state index contributed by atoms with van der Waals surface area (Å²) in [5.41, 5.74) is 3.90. The number of carbonyl (C=O) groups excluding carboxylic acids is 1. The topological polar surface area (TPSA) is 50.8 Å². The second-order valence-corrected chi connectivity index (χ2v) is 7.46. The molecule has 0 atom stereocenters. The number of likely N-dealkylation sites (tertiary alicyclic amines) is 1. The van der Waals surface area contributed by atoms with Crippen LogP contribution in [-0.2, 0) is 4.79 Å². The number of nitrogens with zero attached hydrogens (tertiary/aromatic N) is 1. The van der Waals surface area contributed by atoms with Gasteiger partial charge in [-0.3, -0.25) is 4.79 Å². The van der Waals surface area contributed by atoms with Crippen LogP contribution >= 0.6 is 12.2 Å². The molecule has 6 heteroatoms. The number of anilines is 1. The minimum atomic E-state index is -0.219. The van der Waals surface area contributed by atoms with E-state index in [9.17, 15) is 4.79 Å². The third-order valence-corrected chi connectivity index (χ3v) is 5.16. The van der Waals surface area contributed by atoms with E-state index >= 15 is 0 Å². The first kappa shape index (κ1) is 20.1. The van der Waals surface area contributed by atoms with Crippen LogP contribution in [0.5, 0.6) is 11.5 Å². The number of carbonyl (C=O) groups is 1. The number of aryl methyl sites for hydroxylation is 2. The largest absolute Gasteiger partial charge is 0.493 e. The molecule has 0 aromatic heterocycles. The van der Waals surface area contributed by atoms with E-state index in [1.165, 1.54) is 12.8 Å². The van der Waals surface area contributed by atoms with E-state index in [1.807, 2.05) is 38.1 Å². The molecule has 5 nitrogen and oxygen atoms in total. The number of nitrogens with one attached hydrogen (secondary N) is 1. The molecule has 148 valence electrons. The molecule has 28 heavy (non-hydrogen) atoms. The number of benzene rings is 2. The zero-order valence-electron chi connectivity index (χ0n) is 16.6. The summed E-state index contributed by atoms with van der Waals surface area (Å²) in [6.45, 7) is 5.89. The molecule has 1 aliphatic heterocycles. The van der Waals surface area contributed by atoms with Crippen LogP contribution in [-0.4, -0.2) is 42.6 Å². The molecule has 0 bridgehead atoms. The summed E-state index contributed by atoms with van der Waals surface area (Å²) in [5.74, 6) is 0.869. The van der Waals surface area contributed by atoms with E-state index in [0.29, 0.717) is 11.5 Å². The van der Waals surface area contributed by atoms with Gasteiger partial charge in [-0.1, -0.05) is 18.3 Å². The molecular weight excluding hydrogens is 372 g/mol. The van der Waals surface area contributed by atoms with Crippen LogP contribution in [0.15, 0.2) is 36.4 Å². The van der Waals surface area contributed by atoms with Crippen LogP contribution < -0.4 is 14.8 Å². The highest BCUT2D eigenvalue weighted by Gasteiger charge is 2.18. The summed E-state index contributed by atoms with van der Waals surface area (Å²) in [7, 11) is 1.58. The number of amides is 1. The third-order valence-electron chi connectivity index (χ3n) is 4.67. The molecule has 1 saturated heterocycles. The van der Waals surface area contributed by atoms with Crippen molar-refractivity contribution in [2.75, 3.05) is 32.1 Å². The second kappa shape index (κ2) is 9.06. The summed E-state index contributed by atoms with van der Waals surface area (Å²) < 4.78 is 11.1. The van der Waals surface area contributed by atoms with Crippen LogP contribution in [0.3, 0.4) is 0 Å². The molecule has 0 radical (unpaired) electrons. The predicted molar refractivity (Wildman–Crippen MR) is 116 cm³/mol. The number of hydrogen-bond donors (Lipinski definition) is 1. The predicted octanol–water partition coefficient (Wildman–Crippen LogP) is 4.10. The van der Waals surface area contributed by atoms with Crippen molar-refractivity contribution in [2.45, 2.75) is 26.7 Å². The Morgan fingerprint density at radius 3 is 2.39 bits per heavy atom. The normalized spacial score (nSPS) is 13.3. The molecule has 0 aliphatic carbocycles. The van der Waals surface area contributed by atoms with Crippen molar-refractivity contribution in [1.82, 2.24) is 4.90 Å². The molecular formula is C22H26N2O3S. The highest BCUT2D eigenvalue weighted by molar-refractivity contribution is 7.80. The number of methoxy groups -OCH3 is 1. The molecule has 0 spiro atoms. The summed E-state index contributed by atoms with van der Waals surface area (Å²) in [4.78, 5) is 15.3. The Labute approximate surface area is 171 Å². The summed E-state index contributed by atoms with van der Waals surface area (Å²) >= 11 is 5.60. The number of hydrogen-bond acceptors (Lipinski definition) is 4. The van der Waals surface area contributed by atoms with E-state index in [2.05, 4.69) is 16.3 Å². The molecule has 0 saturated carbocycles. The van der Waals surface area contributed by atoms with Gasteiger partial charge in [-0.2, -0.15) is 0 Å².